The fraction of sp³-hybridized carbons (Fsp3) is 0.933. The first-order chi connectivity index (χ1) is 9.96. The molecule has 6 heteroatoms. The zero-order valence-electron chi connectivity index (χ0n) is 13.3. The van der Waals surface area contributed by atoms with Crippen LogP contribution in [0.5, 0.6) is 0 Å². The van der Waals surface area contributed by atoms with Crippen molar-refractivity contribution < 1.29 is 8.42 Å². The molecule has 0 saturated carbocycles. The first kappa shape index (κ1) is 16.6. The molecule has 0 aromatic rings. The quantitative estimate of drug-likeness (QED) is 0.631. The van der Waals surface area contributed by atoms with Crippen molar-refractivity contribution in [1.29, 1.82) is 0 Å². The average Bonchev–Trinajstić information content (AvgIpc) is 2.79. The molecular weight excluding hydrogens is 286 g/mol. The van der Waals surface area contributed by atoms with Crippen LogP contribution in [-0.4, -0.2) is 57.0 Å². The van der Waals surface area contributed by atoms with Crippen molar-refractivity contribution >= 4 is 15.8 Å². The molecule has 1 atom stereocenters. The van der Waals surface area contributed by atoms with E-state index in [1.165, 1.54) is 19.3 Å². The zero-order valence-corrected chi connectivity index (χ0v) is 14.2. The van der Waals surface area contributed by atoms with Crippen molar-refractivity contribution in [2.24, 2.45) is 16.8 Å². The van der Waals surface area contributed by atoms with Crippen LogP contribution in [-0.2, 0) is 9.84 Å². The monoisotopic (exact) mass is 315 g/mol. The summed E-state index contributed by atoms with van der Waals surface area (Å²) < 4.78 is 23.1. The fourth-order valence-corrected chi connectivity index (χ4v) is 4.77. The number of nitrogens with one attached hydrogen (secondary N) is 1. The second kappa shape index (κ2) is 7.47. The standard InChI is InChI=1S/C15H29N3O2S/c1-13(2)10-16-15(18-7-4-3-5-8-18)17-11-14-6-9-21(19,20)12-14/h13-14H,3-12H2,1-2H3,(H,16,17). The highest BCUT2D eigenvalue weighted by Crippen LogP contribution is 2.17. The molecule has 2 aliphatic heterocycles. The summed E-state index contributed by atoms with van der Waals surface area (Å²) in [6, 6.07) is 0. The summed E-state index contributed by atoms with van der Waals surface area (Å²) in [5, 5.41) is 3.44. The van der Waals surface area contributed by atoms with Crippen molar-refractivity contribution in [3.8, 4) is 0 Å². The molecule has 0 aliphatic carbocycles. The third-order valence-corrected chi connectivity index (χ3v) is 5.97. The van der Waals surface area contributed by atoms with Crippen LogP contribution >= 0.6 is 0 Å². The number of hydrogen-bond donors (Lipinski definition) is 1. The van der Waals surface area contributed by atoms with E-state index in [2.05, 4.69) is 24.1 Å². The van der Waals surface area contributed by atoms with Gasteiger partial charge >= 0.3 is 0 Å². The third-order valence-electron chi connectivity index (χ3n) is 4.14. The number of rotatable bonds is 4. The third kappa shape index (κ3) is 5.49. The van der Waals surface area contributed by atoms with Crippen molar-refractivity contribution in [2.45, 2.75) is 39.5 Å². The molecule has 0 aromatic carbocycles. The number of piperidine rings is 1. The Morgan fingerprint density at radius 3 is 2.57 bits per heavy atom. The van der Waals surface area contributed by atoms with E-state index in [0.29, 0.717) is 17.4 Å². The van der Waals surface area contributed by atoms with E-state index in [9.17, 15) is 8.42 Å². The number of aliphatic imine (C=N–C) groups is 1. The highest BCUT2D eigenvalue weighted by atomic mass is 32.2. The second-order valence-electron chi connectivity index (χ2n) is 6.76. The molecule has 1 unspecified atom stereocenters. The first-order valence-corrected chi connectivity index (χ1v) is 10.0. The minimum atomic E-state index is -2.79. The van der Waals surface area contributed by atoms with E-state index in [4.69, 9.17) is 4.99 Å². The second-order valence-corrected chi connectivity index (χ2v) is 8.98. The predicted molar refractivity (Wildman–Crippen MR) is 87.3 cm³/mol. The van der Waals surface area contributed by atoms with Crippen LogP contribution in [0.3, 0.4) is 0 Å². The summed E-state index contributed by atoms with van der Waals surface area (Å²) in [5.41, 5.74) is 0. The molecule has 2 rings (SSSR count). The topological polar surface area (TPSA) is 61.8 Å². The van der Waals surface area contributed by atoms with Crippen molar-refractivity contribution in [3.05, 3.63) is 0 Å². The molecule has 2 heterocycles. The molecule has 2 saturated heterocycles. The SMILES string of the molecule is CC(C)CN=C(NCC1CCS(=O)(=O)C1)N1CCCCC1. The van der Waals surface area contributed by atoms with Gasteiger partial charge in [0.15, 0.2) is 15.8 Å². The van der Waals surface area contributed by atoms with Crippen molar-refractivity contribution in [1.82, 2.24) is 10.2 Å². The lowest BCUT2D eigenvalue weighted by molar-refractivity contribution is 0.328. The van der Waals surface area contributed by atoms with E-state index < -0.39 is 9.84 Å². The predicted octanol–water partition coefficient (Wildman–Crippen LogP) is 1.51. The number of likely N-dealkylation sites (tertiary alicyclic amines) is 1. The van der Waals surface area contributed by atoms with E-state index in [1.54, 1.807) is 0 Å². The van der Waals surface area contributed by atoms with Gasteiger partial charge in [-0.05, 0) is 37.5 Å². The molecule has 2 aliphatic rings. The van der Waals surface area contributed by atoms with Crippen molar-refractivity contribution in [2.75, 3.05) is 37.7 Å². The summed E-state index contributed by atoms with van der Waals surface area (Å²) in [6.07, 6.45) is 4.53. The van der Waals surface area contributed by atoms with Crippen LogP contribution in [0.2, 0.25) is 0 Å². The lowest BCUT2D eigenvalue weighted by Crippen LogP contribution is -2.46. The van der Waals surface area contributed by atoms with E-state index >= 15 is 0 Å². The Labute approximate surface area is 129 Å². The van der Waals surface area contributed by atoms with Gasteiger partial charge in [0.1, 0.15) is 0 Å². The van der Waals surface area contributed by atoms with E-state index in [0.717, 1.165) is 38.6 Å². The molecule has 5 nitrogen and oxygen atoms in total. The van der Waals surface area contributed by atoms with Gasteiger partial charge in [0, 0.05) is 26.2 Å². The van der Waals surface area contributed by atoms with Crippen LogP contribution in [0.15, 0.2) is 4.99 Å². The molecular formula is C15H29N3O2S. The Bertz CT molecular complexity index is 454. The normalized spacial score (nSPS) is 26.3. The molecule has 0 aromatic heterocycles. The van der Waals surface area contributed by atoms with Gasteiger partial charge in [-0.1, -0.05) is 13.8 Å². The zero-order chi connectivity index (χ0) is 15.3. The van der Waals surface area contributed by atoms with Gasteiger partial charge in [0.2, 0.25) is 0 Å². The Morgan fingerprint density at radius 1 is 1.29 bits per heavy atom. The number of nitrogens with zero attached hydrogens (tertiary/aromatic N) is 2. The van der Waals surface area contributed by atoms with Crippen LogP contribution < -0.4 is 5.32 Å². The van der Waals surface area contributed by atoms with Crippen LogP contribution in [0.4, 0.5) is 0 Å². The summed E-state index contributed by atoms with van der Waals surface area (Å²) in [6.45, 7) is 8.01. The van der Waals surface area contributed by atoms with Gasteiger partial charge in [0.05, 0.1) is 11.5 Å². The number of sulfone groups is 1. The molecule has 0 amide bonds. The van der Waals surface area contributed by atoms with Crippen LogP contribution in [0.25, 0.3) is 0 Å². The summed E-state index contributed by atoms with van der Waals surface area (Å²) in [5.74, 6) is 2.44. The molecule has 21 heavy (non-hydrogen) atoms. The molecule has 0 bridgehead atoms. The Kier molecular flexibility index (Phi) is 5.90. The molecule has 2 fully saturated rings. The Morgan fingerprint density at radius 2 is 2.00 bits per heavy atom. The summed E-state index contributed by atoms with van der Waals surface area (Å²) in [7, 11) is -2.79. The number of hydrogen-bond acceptors (Lipinski definition) is 3. The average molecular weight is 315 g/mol. The lowest BCUT2D eigenvalue weighted by Gasteiger charge is -2.31. The molecule has 122 valence electrons. The largest absolute Gasteiger partial charge is 0.356 e. The van der Waals surface area contributed by atoms with Crippen LogP contribution in [0, 0.1) is 11.8 Å². The molecule has 0 spiro atoms. The maximum absolute atomic E-state index is 11.5. The minimum absolute atomic E-state index is 0.240. The van der Waals surface area contributed by atoms with E-state index in [-0.39, 0.29) is 5.92 Å². The summed E-state index contributed by atoms with van der Waals surface area (Å²) in [4.78, 5) is 7.05. The Hall–Kier alpha value is -0.780. The maximum atomic E-state index is 11.5. The minimum Gasteiger partial charge on any atom is -0.356 e. The van der Waals surface area contributed by atoms with Crippen molar-refractivity contribution in [3.63, 3.8) is 0 Å². The van der Waals surface area contributed by atoms with Gasteiger partial charge in [-0.2, -0.15) is 0 Å². The van der Waals surface area contributed by atoms with Gasteiger partial charge in [-0.25, -0.2) is 8.42 Å². The number of guanidine groups is 1. The van der Waals surface area contributed by atoms with Gasteiger partial charge in [-0.15, -0.1) is 0 Å². The lowest BCUT2D eigenvalue weighted by atomic mass is 10.1. The van der Waals surface area contributed by atoms with Gasteiger partial charge in [0.25, 0.3) is 0 Å². The fourth-order valence-electron chi connectivity index (χ4n) is 2.91. The van der Waals surface area contributed by atoms with Gasteiger partial charge < -0.3 is 10.2 Å². The maximum Gasteiger partial charge on any atom is 0.193 e. The van der Waals surface area contributed by atoms with Crippen LogP contribution in [0.1, 0.15) is 39.5 Å². The highest BCUT2D eigenvalue weighted by molar-refractivity contribution is 7.91. The molecule has 0 radical (unpaired) electrons. The molecule has 1 N–H and O–H groups in total. The smallest absolute Gasteiger partial charge is 0.193 e. The van der Waals surface area contributed by atoms with E-state index in [1.807, 2.05) is 0 Å². The highest BCUT2D eigenvalue weighted by Gasteiger charge is 2.28. The Balaban J connectivity index is 1.90. The van der Waals surface area contributed by atoms with Gasteiger partial charge in [-0.3, -0.25) is 4.99 Å². The first-order valence-electron chi connectivity index (χ1n) is 8.20. The summed E-state index contributed by atoms with van der Waals surface area (Å²) >= 11 is 0.